The Morgan fingerprint density at radius 3 is 3.00 bits per heavy atom. The first kappa shape index (κ1) is 14.9. The average Bonchev–Trinajstić information content (AvgIpc) is 2.54. The molecule has 0 bridgehead atoms. The quantitative estimate of drug-likeness (QED) is 0.812. The summed E-state index contributed by atoms with van der Waals surface area (Å²) in [4.78, 5) is 19.0. The lowest BCUT2D eigenvalue weighted by Crippen LogP contribution is -2.44. The van der Waals surface area contributed by atoms with E-state index in [-0.39, 0.29) is 24.4 Å². The topological polar surface area (TPSA) is 42.4 Å². The molecule has 4 nitrogen and oxygen atoms in total. The maximum Gasteiger partial charge on any atom is 0.256 e. The SMILES string of the molecule is COc1ccc2c(c1)CCN1C(=O)c3cccnc3CC21.Cl. The van der Waals surface area contributed by atoms with E-state index in [1.54, 1.807) is 13.3 Å². The van der Waals surface area contributed by atoms with Crippen LogP contribution in [-0.2, 0) is 12.8 Å². The predicted octanol–water partition coefficient (Wildman–Crippen LogP) is 2.81. The van der Waals surface area contributed by atoms with E-state index in [4.69, 9.17) is 4.74 Å². The second-order valence-electron chi connectivity index (χ2n) is 5.53. The van der Waals surface area contributed by atoms with Crippen LogP contribution in [0.1, 0.15) is 33.2 Å². The maximum absolute atomic E-state index is 12.6. The molecule has 22 heavy (non-hydrogen) atoms. The third-order valence-corrected chi connectivity index (χ3v) is 4.48. The molecule has 3 heterocycles. The lowest BCUT2D eigenvalue weighted by atomic mass is 9.85. The van der Waals surface area contributed by atoms with Crippen LogP contribution in [0.3, 0.4) is 0 Å². The van der Waals surface area contributed by atoms with Crippen molar-refractivity contribution >= 4 is 18.3 Å². The van der Waals surface area contributed by atoms with Crippen LogP contribution < -0.4 is 4.74 Å². The number of pyridine rings is 1. The van der Waals surface area contributed by atoms with Crippen LogP contribution in [-0.4, -0.2) is 29.4 Å². The molecule has 1 aromatic heterocycles. The van der Waals surface area contributed by atoms with E-state index in [2.05, 4.69) is 17.1 Å². The van der Waals surface area contributed by atoms with Gasteiger partial charge in [0.05, 0.1) is 24.4 Å². The summed E-state index contributed by atoms with van der Waals surface area (Å²) in [6.45, 7) is 0.762. The van der Waals surface area contributed by atoms with E-state index < -0.39 is 0 Å². The largest absolute Gasteiger partial charge is 0.497 e. The van der Waals surface area contributed by atoms with Gasteiger partial charge in [0.25, 0.3) is 5.91 Å². The average molecular weight is 317 g/mol. The highest BCUT2D eigenvalue weighted by Gasteiger charge is 2.37. The minimum absolute atomic E-state index is 0. The van der Waals surface area contributed by atoms with E-state index in [1.165, 1.54) is 11.1 Å². The molecule has 2 aromatic rings. The van der Waals surface area contributed by atoms with Crippen molar-refractivity contribution in [1.82, 2.24) is 9.88 Å². The molecule has 0 fully saturated rings. The maximum atomic E-state index is 12.6. The fourth-order valence-electron chi connectivity index (χ4n) is 3.41. The first-order valence-electron chi connectivity index (χ1n) is 7.19. The highest BCUT2D eigenvalue weighted by molar-refractivity contribution is 5.96. The molecule has 0 saturated carbocycles. The molecule has 0 aliphatic carbocycles. The Morgan fingerprint density at radius 1 is 1.32 bits per heavy atom. The third kappa shape index (κ3) is 2.15. The molecule has 0 radical (unpaired) electrons. The Balaban J connectivity index is 0.00000144. The number of rotatable bonds is 1. The normalized spacial score (nSPS) is 18.7. The fraction of sp³-hybridized carbons (Fsp3) is 0.294. The van der Waals surface area contributed by atoms with Crippen LogP contribution >= 0.6 is 12.4 Å². The minimum atomic E-state index is 0. The van der Waals surface area contributed by atoms with Crippen molar-refractivity contribution in [1.29, 1.82) is 0 Å². The third-order valence-electron chi connectivity index (χ3n) is 4.48. The zero-order chi connectivity index (χ0) is 14.4. The number of halogens is 1. The van der Waals surface area contributed by atoms with Gasteiger partial charge >= 0.3 is 0 Å². The lowest BCUT2D eigenvalue weighted by molar-refractivity contribution is 0.0628. The van der Waals surface area contributed by atoms with Gasteiger partial charge in [-0.05, 0) is 41.8 Å². The Kier molecular flexibility index (Phi) is 3.79. The van der Waals surface area contributed by atoms with E-state index in [0.29, 0.717) is 0 Å². The number of benzene rings is 1. The van der Waals surface area contributed by atoms with Crippen molar-refractivity contribution in [3.8, 4) is 5.75 Å². The molecular formula is C17H17ClN2O2. The van der Waals surface area contributed by atoms with Gasteiger partial charge in [-0.1, -0.05) is 6.07 Å². The number of hydrogen-bond acceptors (Lipinski definition) is 3. The molecule has 1 amide bonds. The van der Waals surface area contributed by atoms with Gasteiger partial charge in [0.1, 0.15) is 5.75 Å². The van der Waals surface area contributed by atoms with Gasteiger partial charge in [-0.3, -0.25) is 9.78 Å². The first-order valence-corrected chi connectivity index (χ1v) is 7.19. The van der Waals surface area contributed by atoms with Crippen molar-refractivity contribution < 1.29 is 9.53 Å². The molecule has 0 saturated heterocycles. The highest BCUT2D eigenvalue weighted by atomic mass is 35.5. The van der Waals surface area contributed by atoms with Crippen molar-refractivity contribution in [2.45, 2.75) is 18.9 Å². The second kappa shape index (κ2) is 5.61. The number of carbonyl (C=O) groups excluding carboxylic acids is 1. The van der Waals surface area contributed by atoms with Crippen LogP contribution in [0.4, 0.5) is 0 Å². The highest BCUT2D eigenvalue weighted by Crippen LogP contribution is 2.38. The summed E-state index contributed by atoms with van der Waals surface area (Å²) in [5, 5.41) is 0. The Bertz CT molecular complexity index is 732. The lowest BCUT2D eigenvalue weighted by Gasteiger charge is -2.40. The van der Waals surface area contributed by atoms with Crippen LogP contribution in [0, 0.1) is 0 Å². The number of nitrogens with zero attached hydrogens (tertiary/aromatic N) is 2. The summed E-state index contributed by atoms with van der Waals surface area (Å²) in [6.07, 6.45) is 3.44. The van der Waals surface area contributed by atoms with Crippen LogP contribution in [0.5, 0.6) is 5.75 Å². The summed E-state index contributed by atoms with van der Waals surface area (Å²) in [5.41, 5.74) is 4.17. The molecule has 1 unspecified atom stereocenters. The van der Waals surface area contributed by atoms with E-state index in [0.717, 1.165) is 36.4 Å². The van der Waals surface area contributed by atoms with Crippen LogP contribution in [0.25, 0.3) is 0 Å². The number of ether oxygens (including phenoxy) is 1. The zero-order valence-electron chi connectivity index (χ0n) is 12.3. The Labute approximate surface area is 135 Å². The number of carbonyl (C=O) groups is 1. The van der Waals surface area contributed by atoms with E-state index >= 15 is 0 Å². The van der Waals surface area contributed by atoms with Gasteiger partial charge in [-0.2, -0.15) is 0 Å². The minimum Gasteiger partial charge on any atom is -0.497 e. The van der Waals surface area contributed by atoms with Gasteiger partial charge in [-0.15, -0.1) is 12.4 Å². The second-order valence-corrected chi connectivity index (χ2v) is 5.53. The number of aromatic nitrogens is 1. The summed E-state index contributed by atoms with van der Waals surface area (Å²) >= 11 is 0. The molecule has 1 aromatic carbocycles. The van der Waals surface area contributed by atoms with Gasteiger partial charge < -0.3 is 9.64 Å². The summed E-state index contributed by atoms with van der Waals surface area (Å²) in [6, 6.07) is 9.97. The van der Waals surface area contributed by atoms with Gasteiger partial charge in [0.2, 0.25) is 0 Å². The molecular weight excluding hydrogens is 300 g/mol. The van der Waals surface area contributed by atoms with Crippen molar-refractivity contribution in [3.05, 3.63) is 58.9 Å². The molecule has 5 heteroatoms. The predicted molar refractivity (Wildman–Crippen MR) is 85.7 cm³/mol. The zero-order valence-corrected chi connectivity index (χ0v) is 13.1. The van der Waals surface area contributed by atoms with Gasteiger partial charge in [0, 0.05) is 19.2 Å². The van der Waals surface area contributed by atoms with Gasteiger partial charge in [0.15, 0.2) is 0 Å². The summed E-state index contributed by atoms with van der Waals surface area (Å²) in [5.74, 6) is 0.985. The molecule has 114 valence electrons. The molecule has 0 spiro atoms. The Hall–Kier alpha value is -2.07. The number of fused-ring (bicyclic) bond motifs is 4. The first-order chi connectivity index (χ1) is 10.3. The molecule has 0 N–H and O–H groups in total. The summed E-state index contributed by atoms with van der Waals surface area (Å²) in [7, 11) is 1.68. The standard InChI is InChI=1S/C17H16N2O2.ClH/c1-21-12-4-5-13-11(9-12)6-8-19-16(13)10-15-14(17(19)20)3-2-7-18-15;/h2-5,7,9,16H,6,8,10H2,1H3;1H. The van der Waals surface area contributed by atoms with Crippen LogP contribution in [0.15, 0.2) is 36.5 Å². The molecule has 2 aliphatic rings. The smallest absolute Gasteiger partial charge is 0.256 e. The summed E-state index contributed by atoms with van der Waals surface area (Å²) < 4.78 is 5.30. The monoisotopic (exact) mass is 316 g/mol. The number of amides is 1. The van der Waals surface area contributed by atoms with E-state index in [9.17, 15) is 4.79 Å². The van der Waals surface area contributed by atoms with Crippen LogP contribution in [0.2, 0.25) is 0 Å². The van der Waals surface area contributed by atoms with E-state index in [1.807, 2.05) is 23.1 Å². The number of hydrogen-bond donors (Lipinski definition) is 0. The molecule has 2 aliphatic heterocycles. The Morgan fingerprint density at radius 2 is 2.18 bits per heavy atom. The van der Waals surface area contributed by atoms with Gasteiger partial charge in [-0.25, -0.2) is 0 Å². The number of methoxy groups -OCH3 is 1. The fourth-order valence-corrected chi connectivity index (χ4v) is 3.41. The van der Waals surface area contributed by atoms with Crippen molar-refractivity contribution in [3.63, 3.8) is 0 Å². The van der Waals surface area contributed by atoms with Crippen molar-refractivity contribution in [2.24, 2.45) is 0 Å². The molecule has 1 atom stereocenters. The molecule has 4 rings (SSSR count). The van der Waals surface area contributed by atoms with Crippen molar-refractivity contribution in [2.75, 3.05) is 13.7 Å².